The number of nitrogens with zero attached hydrogens (tertiary/aromatic N) is 2. The summed E-state index contributed by atoms with van der Waals surface area (Å²) in [7, 11) is 2.04. The van der Waals surface area contributed by atoms with Gasteiger partial charge in [-0.15, -0.1) is 0 Å². The molecule has 1 fully saturated rings. The van der Waals surface area contributed by atoms with Gasteiger partial charge in [0.05, 0.1) is 11.4 Å². The lowest BCUT2D eigenvalue weighted by Crippen LogP contribution is -2.34. The number of nitrogens with one attached hydrogen (secondary N) is 2. The fraction of sp³-hybridized carbons (Fsp3) is 0.391. The highest BCUT2D eigenvalue weighted by atomic mass is 16.2. The van der Waals surface area contributed by atoms with Crippen molar-refractivity contribution in [1.82, 2.24) is 5.32 Å². The van der Waals surface area contributed by atoms with E-state index >= 15 is 0 Å². The molecule has 0 spiro atoms. The van der Waals surface area contributed by atoms with Crippen molar-refractivity contribution < 1.29 is 9.59 Å². The van der Waals surface area contributed by atoms with Gasteiger partial charge in [-0.3, -0.25) is 4.79 Å². The van der Waals surface area contributed by atoms with Crippen LogP contribution in [0.3, 0.4) is 0 Å². The van der Waals surface area contributed by atoms with E-state index in [1.54, 1.807) is 12.1 Å². The second-order valence-electron chi connectivity index (χ2n) is 7.64. The fourth-order valence-corrected chi connectivity index (χ4v) is 3.70. The Kier molecular flexibility index (Phi) is 7.54. The predicted molar refractivity (Wildman–Crippen MR) is 122 cm³/mol. The maximum atomic E-state index is 12.5. The standard InChI is InChI=1S/C23H31N5O2/c1-27(19-9-4-2-5-10-19)14-8-13-25-23(30)26-20-17-18(22(24)29)11-12-21(20)28-15-6-3-7-16-28/h2,4-5,9-12,17H,3,6-8,13-16H2,1H3,(H2,24,29)(H2,25,26,30). The molecule has 3 rings (SSSR count). The van der Waals surface area contributed by atoms with Crippen LogP contribution >= 0.6 is 0 Å². The van der Waals surface area contributed by atoms with E-state index in [1.807, 2.05) is 31.3 Å². The Morgan fingerprint density at radius 1 is 1.07 bits per heavy atom. The van der Waals surface area contributed by atoms with E-state index < -0.39 is 5.91 Å². The van der Waals surface area contributed by atoms with E-state index in [0.29, 0.717) is 17.8 Å². The van der Waals surface area contributed by atoms with Crippen molar-refractivity contribution >= 4 is 29.0 Å². The van der Waals surface area contributed by atoms with Crippen LogP contribution in [-0.2, 0) is 0 Å². The number of carbonyl (C=O) groups excluding carboxylic acids is 2. The molecule has 0 aromatic heterocycles. The highest BCUT2D eigenvalue weighted by molar-refractivity contribution is 5.98. The molecule has 0 unspecified atom stereocenters. The van der Waals surface area contributed by atoms with Crippen molar-refractivity contribution in [3.8, 4) is 0 Å². The molecule has 1 saturated heterocycles. The molecule has 3 amide bonds. The molecule has 0 saturated carbocycles. The van der Waals surface area contributed by atoms with Gasteiger partial charge in [0.1, 0.15) is 0 Å². The molecule has 7 heteroatoms. The van der Waals surface area contributed by atoms with Crippen molar-refractivity contribution in [3.63, 3.8) is 0 Å². The summed E-state index contributed by atoms with van der Waals surface area (Å²) in [5.41, 5.74) is 8.51. The Morgan fingerprint density at radius 3 is 2.50 bits per heavy atom. The van der Waals surface area contributed by atoms with Gasteiger partial charge in [0.25, 0.3) is 0 Å². The quantitative estimate of drug-likeness (QED) is 0.583. The summed E-state index contributed by atoms with van der Waals surface area (Å²) in [6, 6.07) is 15.1. The number of carbonyl (C=O) groups is 2. The van der Waals surface area contributed by atoms with E-state index in [9.17, 15) is 9.59 Å². The average molecular weight is 410 g/mol. The van der Waals surface area contributed by atoms with Gasteiger partial charge in [0.2, 0.25) is 5.91 Å². The van der Waals surface area contributed by atoms with Crippen LogP contribution in [0.5, 0.6) is 0 Å². The number of hydrogen-bond donors (Lipinski definition) is 3. The second kappa shape index (κ2) is 10.5. The number of anilines is 3. The molecule has 2 aromatic rings. The lowest BCUT2D eigenvalue weighted by molar-refractivity contribution is 0.100. The zero-order chi connectivity index (χ0) is 21.3. The first-order valence-electron chi connectivity index (χ1n) is 10.5. The van der Waals surface area contributed by atoms with Crippen LogP contribution in [0.15, 0.2) is 48.5 Å². The van der Waals surface area contributed by atoms with Gasteiger partial charge < -0.3 is 26.2 Å². The van der Waals surface area contributed by atoms with Crippen LogP contribution in [0.25, 0.3) is 0 Å². The van der Waals surface area contributed by atoms with Gasteiger partial charge in [-0.05, 0) is 56.0 Å². The van der Waals surface area contributed by atoms with Crippen LogP contribution in [0, 0.1) is 0 Å². The first-order valence-corrected chi connectivity index (χ1v) is 10.5. The topological polar surface area (TPSA) is 90.7 Å². The third-order valence-electron chi connectivity index (χ3n) is 5.38. The molecular weight excluding hydrogens is 378 g/mol. The first kappa shape index (κ1) is 21.5. The monoisotopic (exact) mass is 409 g/mol. The number of urea groups is 1. The number of hydrogen-bond acceptors (Lipinski definition) is 4. The van der Waals surface area contributed by atoms with E-state index in [4.69, 9.17) is 5.73 Å². The summed E-state index contributed by atoms with van der Waals surface area (Å²) in [5.74, 6) is -0.507. The van der Waals surface area contributed by atoms with Crippen LogP contribution in [0.4, 0.5) is 21.9 Å². The average Bonchev–Trinajstić information content (AvgIpc) is 2.77. The highest BCUT2D eigenvalue weighted by Crippen LogP contribution is 2.29. The van der Waals surface area contributed by atoms with Crippen LogP contribution in [-0.4, -0.2) is 45.2 Å². The van der Waals surface area contributed by atoms with Gasteiger partial charge in [-0.25, -0.2) is 4.79 Å². The molecule has 1 aliphatic rings. The molecule has 0 atom stereocenters. The minimum absolute atomic E-state index is 0.280. The predicted octanol–water partition coefficient (Wildman–Crippen LogP) is 3.42. The minimum atomic E-state index is -0.507. The van der Waals surface area contributed by atoms with Gasteiger partial charge in [-0.2, -0.15) is 0 Å². The minimum Gasteiger partial charge on any atom is -0.375 e. The second-order valence-corrected chi connectivity index (χ2v) is 7.64. The molecule has 0 aliphatic carbocycles. The molecule has 30 heavy (non-hydrogen) atoms. The number of amides is 3. The summed E-state index contributed by atoms with van der Waals surface area (Å²) in [6.45, 7) is 3.27. The van der Waals surface area contributed by atoms with Gasteiger partial charge >= 0.3 is 6.03 Å². The number of benzene rings is 2. The first-order chi connectivity index (χ1) is 14.5. The van der Waals surface area contributed by atoms with Crippen molar-refractivity contribution in [2.45, 2.75) is 25.7 Å². The lowest BCUT2D eigenvalue weighted by atomic mass is 10.1. The smallest absolute Gasteiger partial charge is 0.319 e. The van der Waals surface area contributed by atoms with Gasteiger partial charge in [0.15, 0.2) is 0 Å². The van der Waals surface area contributed by atoms with Crippen molar-refractivity contribution in [2.75, 3.05) is 48.3 Å². The fourth-order valence-electron chi connectivity index (χ4n) is 3.70. The van der Waals surface area contributed by atoms with Gasteiger partial charge in [-0.1, -0.05) is 18.2 Å². The third kappa shape index (κ3) is 5.89. The normalized spacial score (nSPS) is 13.6. The Morgan fingerprint density at radius 2 is 1.80 bits per heavy atom. The summed E-state index contributed by atoms with van der Waals surface area (Å²) in [4.78, 5) is 28.5. The zero-order valence-electron chi connectivity index (χ0n) is 17.6. The van der Waals surface area contributed by atoms with Crippen molar-refractivity contribution in [1.29, 1.82) is 0 Å². The Hall–Kier alpha value is -3.22. The van der Waals surface area contributed by atoms with Crippen molar-refractivity contribution in [2.24, 2.45) is 5.73 Å². The highest BCUT2D eigenvalue weighted by Gasteiger charge is 2.17. The SMILES string of the molecule is CN(CCCNC(=O)Nc1cc(C(N)=O)ccc1N1CCCCC1)c1ccccc1. The van der Waals surface area contributed by atoms with E-state index in [1.165, 1.54) is 6.42 Å². The van der Waals surface area contributed by atoms with Crippen LogP contribution < -0.4 is 26.2 Å². The third-order valence-corrected chi connectivity index (χ3v) is 5.38. The number of nitrogens with two attached hydrogens (primary N) is 1. The largest absolute Gasteiger partial charge is 0.375 e. The number of primary amides is 1. The Bertz CT molecular complexity index is 850. The van der Waals surface area contributed by atoms with E-state index in [0.717, 1.165) is 50.3 Å². The maximum absolute atomic E-state index is 12.5. The molecule has 160 valence electrons. The van der Waals surface area contributed by atoms with Gasteiger partial charge in [0, 0.05) is 44.5 Å². The van der Waals surface area contributed by atoms with Crippen LogP contribution in [0.2, 0.25) is 0 Å². The molecule has 2 aromatic carbocycles. The molecule has 7 nitrogen and oxygen atoms in total. The molecule has 1 aliphatic heterocycles. The molecular formula is C23H31N5O2. The van der Waals surface area contributed by atoms with Crippen molar-refractivity contribution in [3.05, 3.63) is 54.1 Å². The summed E-state index contributed by atoms with van der Waals surface area (Å²) < 4.78 is 0. The van der Waals surface area contributed by atoms with E-state index in [2.05, 4.69) is 32.6 Å². The molecule has 4 N–H and O–H groups in total. The Labute approximate surface area is 178 Å². The lowest BCUT2D eigenvalue weighted by Gasteiger charge is -2.30. The molecule has 0 bridgehead atoms. The Balaban J connectivity index is 1.55. The van der Waals surface area contributed by atoms with Crippen LogP contribution in [0.1, 0.15) is 36.0 Å². The number of piperidine rings is 1. The molecule has 0 radical (unpaired) electrons. The summed E-state index contributed by atoms with van der Waals surface area (Å²) >= 11 is 0. The number of rotatable bonds is 8. The zero-order valence-corrected chi connectivity index (χ0v) is 17.6. The van der Waals surface area contributed by atoms with E-state index in [-0.39, 0.29) is 6.03 Å². The summed E-state index contributed by atoms with van der Waals surface area (Å²) in [5, 5.41) is 5.82. The number of para-hydroxylation sites is 1. The summed E-state index contributed by atoms with van der Waals surface area (Å²) in [6.07, 6.45) is 4.28. The maximum Gasteiger partial charge on any atom is 0.319 e. The molecule has 1 heterocycles.